The van der Waals surface area contributed by atoms with Gasteiger partial charge in [0.05, 0.1) is 13.2 Å². The number of thiophene rings is 1. The molecule has 17 heavy (non-hydrogen) atoms. The van der Waals surface area contributed by atoms with Crippen molar-refractivity contribution < 1.29 is 4.74 Å². The minimum Gasteiger partial charge on any atom is -0.496 e. The Kier molecular flexibility index (Phi) is 3.50. The first-order valence-corrected chi connectivity index (χ1v) is 6.45. The Bertz CT molecular complexity index is 519. The van der Waals surface area contributed by atoms with Crippen molar-refractivity contribution in [2.45, 2.75) is 19.9 Å². The molecular formula is C14H17NOS. The van der Waals surface area contributed by atoms with Gasteiger partial charge in [0.2, 0.25) is 0 Å². The zero-order valence-corrected chi connectivity index (χ0v) is 11.2. The summed E-state index contributed by atoms with van der Waals surface area (Å²) < 4.78 is 5.41. The van der Waals surface area contributed by atoms with E-state index in [9.17, 15) is 0 Å². The van der Waals surface area contributed by atoms with Crippen LogP contribution in [0.1, 0.15) is 27.6 Å². The van der Waals surface area contributed by atoms with E-state index in [1.54, 1.807) is 18.4 Å². The van der Waals surface area contributed by atoms with Crippen molar-refractivity contribution in [1.29, 1.82) is 0 Å². The number of nitrogens with two attached hydrogens (primary N) is 1. The van der Waals surface area contributed by atoms with Crippen LogP contribution in [-0.4, -0.2) is 7.11 Å². The van der Waals surface area contributed by atoms with E-state index in [0.717, 1.165) is 11.3 Å². The second-order valence-corrected chi connectivity index (χ2v) is 5.14. The average Bonchev–Trinajstić information content (AvgIpc) is 2.74. The van der Waals surface area contributed by atoms with Gasteiger partial charge in [-0.15, -0.1) is 11.3 Å². The summed E-state index contributed by atoms with van der Waals surface area (Å²) in [5.74, 6) is 0.866. The van der Waals surface area contributed by atoms with Gasteiger partial charge in [-0.3, -0.25) is 0 Å². The Morgan fingerprint density at radius 1 is 1.24 bits per heavy atom. The molecule has 1 heterocycles. The lowest BCUT2D eigenvalue weighted by Crippen LogP contribution is -2.12. The number of hydrogen-bond acceptors (Lipinski definition) is 3. The highest BCUT2D eigenvalue weighted by molar-refractivity contribution is 7.10. The summed E-state index contributed by atoms with van der Waals surface area (Å²) in [5, 5.41) is 2.07. The molecule has 0 aliphatic heterocycles. The molecule has 0 bridgehead atoms. The molecule has 0 fully saturated rings. The molecule has 0 aliphatic carbocycles. The lowest BCUT2D eigenvalue weighted by molar-refractivity contribution is 0.407. The van der Waals surface area contributed by atoms with Crippen LogP contribution in [0.2, 0.25) is 0 Å². The SMILES string of the molecule is COc1cc(C)ccc1C(N)c1sccc1C. The van der Waals surface area contributed by atoms with Crippen LogP contribution in [0.3, 0.4) is 0 Å². The lowest BCUT2D eigenvalue weighted by atomic mass is 10.0. The molecule has 2 nitrogen and oxygen atoms in total. The largest absolute Gasteiger partial charge is 0.496 e. The minimum absolute atomic E-state index is 0.106. The Balaban J connectivity index is 2.44. The van der Waals surface area contributed by atoms with E-state index in [4.69, 9.17) is 10.5 Å². The van der Waals surface area contributed by atoms with Crippen LogP contribution in [-0.2, 0) is 0 Å². The van der Waals surface area contributed by atoms with E-state index in [2.05, 4.69) is 30.5 Å². The second-order valence-electron chi connectivity index (χ2n) is 4.19. The fourth-order valence-electron chi connectivity index (χ4n) is 1.92. The van der Waals surface area contributed by atoms with E-state index in [1.807, 2.05) is 13.0 Å². The summed E-state index contributed by atoms with van der Waals surface area (Å²) >= 11 is 1.70. The van der Waals surface area contributed by atoms with E-state index >= 15 is 0 Å². The van der Waals surface area contributed by atoms with Gasteiger partial charge in [-0.25, -0.2) is 0 Å². The Morgan fingerprint density at radius 2 is 2.00 bits per heavy atom. The molecule has 1 aromatic heterocycles. The fourth-order valence-corrected chi connectivity index (χ4v) is 2.87. The molecule has 0 saturated heterocycles. The van der Waals surface area contributed by atoms with Crippen molar-refractivity contribution in [1.82, 2.24) is 0 Å². The molecule has 2 N–H and O–H groups in total. The quantitative estimate of drug-likeness (QED) is 0.902. The molecule has 90 valence electrons. The summed E-state index contributed by atoms with van der Waals surface area (Å²) in [6.07, 6.45) is 0. The molecular weight excluding hydrogens is 230 g/mol. The highest BCUT2D eigenvalue weighted by atomic mass is 32.1. The van der Waals surface area contributed by atoms with Crippen molar-refractivity contribution in [2.75, 3.05) is 7.11 Å². The molecule has 0 saturated carbocycles. The van der Waals surface area contributed by atoms with Gasteiger partial charge < -0.3 is 10.5 Å². The van der Waals surface area contributed by atoms with Crippen molar-refractivity contribution in [2.24, 2.45) is 5.73 Å². The lowest BCUT2D eigenvalue weighted by Gasteiger charge is -2.16. The standard InChI is InChI=1S/C14H17NOS/c1-9-4-5-11(12(8-9)16-3)13(15)14-10(2)6-7-17-14/h4-8,13H,15H2,1-3H3. The average molecular weight is 247 g/mol. The maximum atomic E-state index is 6.32. The van der Waals surface area contributed by atoms with Crippen LogP contribution in [0.5, 0.6) is 5.75 Å². The van der Waals surface area contributed by atoms with Crippen LogP contribution in [0, 0.1) is 13.8 Å². The van der Waals surface area contributed by atoms with Crippen LogP contribution in [0.25, 0.3) is 0 Å². The van der Waals surface area contributed by atoms with Crippen molar-refractivity contribution in [3.63, 3.8) is 0 Å². The first-order chi connectivity index (χ1) is 8.13. The number of hydrogen-bond donors (Lipinski definition) is 1. The molecule has 0 radical (unpaired) electrons. The van der Waals surface area contributed by atoms with Crippen molar-refractivity contribution >= 4 is 11.3 Å². The van der Waals surface area contributed by atoms with Crippen molar-refractivity contribution in [3.05, 3.63) is 51.2 Å². The van der Waals surface area contributed by atoms with Gasteiger partial charge in [0, 0.05) is 10.4 Å². The summed E-state index contributed by atoms with van der Waals surface area (Å²) in [6.45, 7) is 4.14. The second kappa shape index (κ2) is 4.90. The van der Waals surface area contributed by atoms with E-state index < -0.39 is 0 Å². The third-order valence-corrected chi connectivity index (χ3v) is 4.01. The highest BCUT2D eigenvalue weighted by Crippen LogP contribution is 2.33. The number of aryl methyl sites for hydroxylation is 2. The molecule has 2 aromatic rings. The van der Waals surface area contributed by atoms with E-state index in [-0.39, 0.29) is 6.04 Å². The molecule has 2 rings (SSSR count). The minimum atomic E-state index is -0.106. The van der Waals surface area contributed by atoms with Crippen LogP contribution in [0.4, 0.5) is 0 Å². The van der Waals surface area contributed by atoms with Crippen LogP contribution < -0.4 is 10.5 Å². The van der Waals surface area contributed by atoms with Gasteiger partial charge in [0.25, 0.3) is 0 Å². The maximum absolute atomic E-state index is 6.32. The van der Waals surface area contributed by atoms with Crippen LogP contribution >= 0.6 is 11.3 Å². The van der Waals surface area contributed by atoms with Crippen LogP contribution in [0.15, 0.2) is 29.6 Å². The zero-order chi connectivity index (χ0) is 12.4. The molecule has 1 atom stereocenters. The summed E-state index contributed by atoms with van der Waals surface area (Å²) in [5.41, 5.74) is 9.79. The predicted octanol–water partition coefficient (Wildman–Crippen LogP) is 3.42. The summed E-state index contributed by atoms with van der Waals surface area (Å²) in [6, 6.07) is 8.14. The highest BCUT2D eigenvalue weighted by Gasteiger charge is 2.16. The summed E-state index contributed by atoms with van der Waals surface area (Å²) in [4.78, 5) is 1.20. The predicted molar refractivity (Wildman–Crippen MR) is 72.8 cm³/mol. The number of methoxy groups -OCH3 is 1. The Hall–Kier alpha value is -1.32. The molecule has 0 amide bonds. The van der Waals surface area contributed by atoms with E-state index in [0.29, 0.717) is 0 Å². The zero-order valence-electron chi connectivity index (χ0n) is 10.4. The first-order valence-electron chi connectivity index (χ1n) is 5.57. The normalized spacial score (nSPS) is 12.5. The van der Waals surface area contributed by atoms with Crippen molar-refractivity contribution in [3.8, 4) is 5.75 Å². The van der Waals surface area contributed by atoms with Gasteiger partial charge in [-0.05, 0) is 42.5 Å². The van der Waals surface area contributed by atoms with Gasteiger partial charge in [0.1, 0.15) is 5.75 Å². The van der Waals surface area contributed by atoms with Gasteiger partial charge in [0.15, 0.2) is 0 Å². The van der Waals surface area contributed by atoms with E-state index in [1.165, 1.54) is 16.0 Å². The van der Waals surface area contributed by atoms with Gasteiger partial charge >= 0.3 is 0 Å². The fraction of sp³-hybridized carbons (Fsp3) is 0.286. The Labute approximate surface area is 106 Å². The number of benzene rings is 1. The third-order valence-electron chi connectivity index (χ3n) is 2.91. The molecule has 1 unspecified atom stereocenters. The Morgan fingerprint density at radius 3 is 2.59 bits per heavy atom. The number of ether oxygens (including phenoxy) is 1. The molecule has 1 aromatic carbocycles. The smallest absolute Gasteiger partial charge is 0.124 e. The summed E-state index contributed by atoms with van der Waals surface area (Å²) in [7, 11) is 1.69. The first kappa shape index (κ1) is 12.1. The number of rotatable bonds is 3. The maximum Gasteiger partial charge on any atom is 0.124 e. The molecule has 0 aliphatic rings. The monoisotopic (exact) mass is 247 g/mol. The molecule has 0 spiro atoms. The third kappa shape index (κ3) is 2.35. The molecule has 3 heteroatoms. The van der Waals surface area contributed by atoms with Gasteiger partial charge in [-0.2, -0.15) is 0 Å². The topological polar surface area (TPSA) is 35.2 Å². The van der Waals surface area contributed by atoms with Gasteiger partial charge in [-0.1, -0.05) is 12.1 Å².